The van der Waals surface area contributed by atoms with Gasteiger partial charge in [0.2, 0.25) is 5.88 Å². The highest BCUT2D eigenvalue weighted by molar-refractivity contribution is 6.01. The number of pyridine rings is 1. The number of nitrogens with one attached hydrogen (secondary N) is 1. The maximum absolute atomic E-state index is 5.85. The summed E-state index contributed by atoms with van der Waals surface area (Å²) in [5, 5.41) is 3.26. The summed E-state index contributed by atoms with van der Waals surface area (Å²) < 4.78 is 11.2. The summed E-state index contributed by atoms with van der Waals surface area (Å²) in [5.41, 5.74) is 0.960. The van der Waals surface area contributed by atoms with E-state index in [1.54, 1.807) is 6.20 Å². The number of nitrogens with zero attached hydrogens (tertiary/aromatic N) is 3. The van der Waals surface area contributed by atoms with Crippen molar-refractivity contribution in [2.45, 2.75) is 6.42 Å². The van der Waals surface area contributed by atoms with E-state index in [9.17, 15) is 0 Å². The molecule has 1 aromatic rings. The molecule has 6 nitrogen and oxygen atoms in total. The van der Waals surface area contributed by atoms with Crippen LogP contribution in [0.1, 0.15) is 12.0 Å². The van der Waals surface area contributed by atoms with Crippen LogP contribution in [0.15, 0.2) is 23.3 Å². The fourth-order valence-corrected chi connectivity index (χ4v) is 2.55. The van der Waals surface area contributed by atoms with Gasteiger partial charge in [0, 0.05) is 32.4 Å². The highest BCUT2D eigenvalue weighted by atomic mass is 16.5. The first-order chi connectivity index (χ1) is 10.4. The number of rotatable bonds is 6. The van der Waals surface area contributed by atoms with Crippen LogP contribution in [0.2, 0.25) is 0 Å². The minimum absolute atomic E-state index is 0.674. The summed E-state index contributed by atoms with van der Waals surface area (Å²) in [7, 11) is 0. The normalized spacial score (nSPS) is 19.1. The van der Waals surface area contributed by atoms with Crippen molar-refractivity contribution in [2.24, 2.45) is 4.99 Å². The van der Waals surface area contributed by atoms with Crippen molar-refractivity contribution in [3.05, 3.63) is 23.9 Å². The molecule has 3 heterocycles. The Balaban J connectivity index is 1.48. The average Bonchev–Trinajstić information content (AvgIpc) is 3.07. The third-order valence-electron chi connectivity index (χ3n) is 3.66. The molecule has 1 N–H and O–H groups in total. The van der Waals surface area contributed by atoms with Gasteiger partial charge in [0.05, 0.1) is 31.9 Å². The zero-order valence-electron chi connectivity index (χ0n) is 12.3. The second kappa shape index (κ2) is 7.38. The van der Waals surface area contributed by atoms with E-state index in [4.69, 9.17) is 9.47 Å². The molecular weight excluding hydrogens is 268 g/mol. The number of aromatic nitrogens is 1. The number of aliphatic imine (C=N–C) groups is 1. The molecule has 114 valence electrons. The highest BCUT2D eigenvalue weighted by Crippen LogP contribution is 2.16. The first kappa shape index (κ1) is 14.3. The minimum Gasteiger partial charge on any atom is -0.477 e. The Morgan fingerprint density at radius 3 is 3.05 bits per heavy atom. The quantitative estimate of drug-likeness (QED) is 0.775. The summed E-state index contributed by atoms with van der Waals surface area (Å²) in [6.45, 7) is 7.17. The summed E-state index contributed by atoms with van der Waals surface area (Å²) in [5.74, 6) is 1.57. The molecule has 0 amide bonds. The molecule has 1 aromatic heterocycles. The van der Waals surface area contributed by atoms with Crippen molar-refractivity contribution in [3.63, 3.8) is 0 Å². The van der Waals surface area contributed by atoms with Gasteiger partial charge in [0.1, 0.15) is 5.84 Å². The second-order valence-corrected chi connectivity index (χ2v) is 5.17. The second-order valence-electron chi connectivity index (χ2n) is 5.17. The van der Waals surface area contributed by atoms with Gasteiger partial charge in [-0.1, -0.05) is 0 Å². The Morgan fingerprint density at radius 2 is 2.24 bits per heavy atom. The Kier molecular flexibility index (Phi) is 5.02. The molecule has 2 aliphatic heterocycles. The number of morpholine rings is 1. The molecule has 0 saturated carbocycles. The third-order valence-corrected chi connectivity index (χ3v) is 3.66. The smallest absolute Gasteiger partial charge is 0.224 e. The van der Waals surface area contributed by atoms with Gasteiger partial charge < -0.3 is 14.8 Å². The summed E-state index contributed by atoms with van der Waals surface area (Å²) in [6, 6.07) is 3.92. The van der Waals surface area contributed by atoms with E-state index in [0.717, 1.165) is 63.8 Å². The molecule has 2 aliphatic rings. The summed E-state index contributed by atoms with van der Waals surface area (Å²) in [4.78, 5) is 11.2. The maximum atomic E-state index is 5.85. The van der Waals surface area contributed by atoms with E-state index in [1.807, 2.05) is 12.1 Å². The first-order valence-electron chi connectivity index (χ1n) is 7.60. The molecule has 0 bridgehead atoms. The van der Waals surface area contributed by atoms with Crippen LogP contribution in [0.4, 0.5) is 0 Å². The fraction of sp³-hybridized carbons (Fsp3) is 0.600. The first-order valence-corrected chi connectivity index (χ1v) is 7.60. The standard InChI is InChI=1S/C15H22N4O2/c1-3-13(14-16-5-6-17-14)15(18-4-1)21-10-2-7-19-8-11-20-12-9-19/h1,3-4H,2,5-12H2,(H,16,17). The van der Waals surface area contributed by atoms with E-state index in [1.165, 1.54) is 0 Å². The van der Waals surface area contributed by atoms with Crippen LogP contribution < -0.4 is 10.1 Å². The highest BCUT2D eigenvalue weighted by Gasteiger charge is 2.14. The molecule has 0 unspecified atom stereocenters. The van der Waals surface area contributed by atoms with Crippen molar-refractivity contribution in [1.82, 2.24) is 15.2 Å². The van der Waals surface area contributed by atoms with Gasteiger partial charge in [0.25, 0.3) is 0 Å². The van der Waals surface area contributed by atoms with Gasteiger partial charge in [-0.05, 0) is 18.6 Å². The zero-order valence-corrected chi connectivity index (χ0v) is 12.3. The number of ether oxygens (including phenoxy) is 2. The number of hydrogen-bond donors (Lipinski definition) is 1. The van der Waals surface area contributed by atoms with Gasteiger partial charge >= 0.3 is 0 Å². The van der Waals surface area contributed by atoms with E-state index >= 15 is 0 Å². The molecule has 0 spiro atoms. The molecule has 0 atom stereocenters. The molecule has 6 heteroatoms. The molecule has 0 aromatic carbocycles. The van der Waals surface area contributed by atoms with Gasteiger partial charge in [0.15, 0.2) is 0 Å². The molecule has 21 heavy (non-hydrogen) atoms. The molecule has 0 aliphatic carbocycles. The average molecular weight is 290 g/mol. The van der Waals surface area contributed by atoms with Gasteiger partial charge in [-0.15, -0.1) is 0 Å². The van der Waals surface area contributed by atoms with Crippen LogP contribution in [0.3, 0.4) is 0 Å². The molecule has 3 rings (SSSR count). The Bertz CT molecular complexity index is 486. The predicted octanol–water partition coefficient (Wildman–Crippen LogP) is 0.532. The molecule has 1 fully saturated rings. The van der Waals surface area contributed by atoms with Crippen LogP contribution in [0.5, 0.6) is 5.88 Å². The van der Waals surface area contributed by atoms with E-state index < -0.39 is 0 Å². The lowest BCUT2D eigenvalue weighted by Gasteiger charge is -2.26. The van der Waals surface area contributed by atoms with Crippen molar-refractivity contribution in [2.75, 3.05) is 52.5 Å². The summed E-state index contributed by atoms with van der Waals surface area (Å²) in [6.07, 6.45) is 2.76. The van der Waals surface area contributed by atoms with E-state index in [2.05, 4.69) is 20.2 Å². The monoisotopic (exact) mass is 290 g/mol. The zero-order chi connectivity index (χ0) is 14.3. The number of hydrogen-bond acceptors (Lipinski definition) is 6. The summed E-state index contributed by atoms with van der Waals surface area (Å²) >= 11 is 0. The van der Waals surface area contributed by atoms with Crippen LogP contribution in [0, 0.1) is 0 Å². The van der Waals surface area contributed by atoms with Gasteiger partial charge in [-0.25, -0.2) is 4.98 Å². The van der Waals surface area contributed by atoms with E-state index in [0.29, 0.717) is 12.5 Å². The predicted molar refractivity (Wildman–Crippen MR) is 81.0 cm³/mol. The maximum Gasteiger partial charge on any atom is 0.224 e. The van der Waals surface area contributed by atoms with Crippen LogP contribution in [-0.2, 0) is 4.74 Å². The van der Waals surface area contributed by atoms with Crippen LogP contribution in [0.25, 0.3) is 0 Å². The van der Waals surface area contributed by atoms with Crippen molar-refractivity contribution in [3.8, 4) is 5.88 Å². The van der Waals surface area contributed by atoms with Gasteiger partial charge in [-0.2, -0.15) is 0 Å². The lowest BCUT2D eigenvalue weighted by atomic mass is 10.2. The minimum atomic E-state index is 0.674. The fourth-order valence-electron chi connectivity index (χ4n) is 2.55. The Labute approximate surface area is 125 Å². The largest absolute Gasteiger partial charge is 0.477 e. The lowest BCUT2D eigenvalue weighted by Crippen LogP contribution is -2.37. The SMILES string of the molecule is c1cnc(OCCCN2CCOCC2)c(C2=NCCN2)c1. The van der Waals surface area contributed by atoms with Crippen molar-refractivity contribution < 1.29 is 9.47 Å². The topological polar surface area (TPSA) is 59.0 Å². The lowest BCUT2D eigenvalue weighted by molar-refractivity contribution is 0.0357. The van der Waals surface area contributed by atoms with Crippen LogP contribution >= 0.6 is 0 Å². The molecular formula is C15H22N4O2. The molecule has 1 saturated heterocycles. The Morgan fingerprint density at radius 1 is 1.33 bits per heavy atom. The number of amidine groups is 1. The Hall–Kier alpha value is -1.66. The van der Waals surface area contributed by atoms with E-state index in [-0.39, 0.29) is 0 Å². The van der Waals surface area contributed by atoms with Crippen molar-refractivity contribution >= 4 is 5.84 Å². The van der Waals surface area contributed by atoms with Gasteiger partial charge in [-0.3, -0.25) is 9.89 Å². The third kappa shape index (κ3) is 3.92. The van der Waals surface area contributed by atoms with Crippen LogP contribution in [-0.4, -0.2) is 68.3 Å². The van der Waals surface area contributed by atoms with Crippen molar-refractivity contribution in [1.29, 1.82) is 0 Å². The molecule has 0 radical (unpaired) electrons.